The monoisotopic (exact) mass is 363 g/mol. The number of fused-ring (bicyclic) bond motifs is 1. The van der Waals surface area contributed by atoms with E-state index in [9.17, 15) is 9.18 Å². The minimum absolute atomic E-state index is 0.262. The van der Waals surface area contributed by atoms with Gasteiger partial charge in [-0.25, -0.2) is 4.39 Å². The summed E-state index contributed by atoms with van der Waals surface area (Å²) in [6.07, 6.45) is 3.75. The number of rotatable bonds is 3. The lowest BCUT2D eigenvalue weighted by atomic mass is 10.1. The summed E-state index contributed by atoms with van der Waals surface area (Å²) in [6.45, 7) is 3.99. The van der Waals surface area contributed by atoms with E-state index in [1.54, 1.807) is 12.1 Å². The van der Waals surface area contributed by atoms with Gasteiger partial charge in [-0.2, -0.15) is 0 Å². The van der Waals surface area contributed by atoms with Gasteiger partial charge in [-0.05, 0) is 74.7 Å². The fourth-order valence-electron chi connectivity index (χ4n) is 3.62. The molecule has 1 fully saturated rings. The second-order valence-corrected chi connectivity index (χ2v) is 7.02. The summed E-state index contributed by atoms with van der Waals surface area (Å²) in [5, 5.41) is 3.44. The van der Waals surface area contributed by atoms with Gasteiger partial charge in [-0.15, -0.1) is 0 Å². The van der Waals surface area contributed by atoms with E-state index in [0.29, 0.717) is 16.5 Å². The van der Waals surface area contributed by atoms with Crippen molar-refractivity contribution in [3.63, 3.8) is 0 Å². The topological polar surface area (TPSA) is 45.2 Å². The van der Waals surface area contributed by atoms with Crippen LogP contribution in [0.25, 0.3) is 10.9 Å². The van der Waals surface area contributed by atoms with Gasteiger partial charge in [0.05, 0.1) is 11.1 Å². The molecule has 4 nitrogen and oxygen atoms in total. The number of hydrogen-bond acceptors (Lipinski definition) is 3. The number of aryl methyl sites for hydroxylation is 1. The Morgan fingerprint density at radius 1 is 1.04 bits per heavy atom. The Kier molecular flexibility index (Phi) is 4.75. The normalized spacial score (nSPS) is 14.4. The zero-order valence-electron chi connectivity index (χ0n) is 15.3. The Labute approximate surface area is 158 Å². The lowest BCUT2D eigenvalue weighted by Crippen LogP contribution is -2.29. The van der Waals surface area contributed by atoms with Crippen LogP contribution in [0.5, 0.6) is 0 Å². The third-order valence-corrected chi connectivity index (χ3v) is 4.99. The number of pyridine rings is 1. The Balaban J connectivity index is 1.57. The summed E-state index contributed by atoms with van der Waals surface area (Å²) >= 11 is 0. The molecule has 0 spiro atoms. The van der Waals surface area contributed by atoms with Crippen LogP contribution in [0.15, 0.2) is 48.5 Å². The van der Waals surface area contributed by atoms with Crippen LogP contribution >= 0.6 is 0 Å². The number of amides is 1. The molecule has 2 aromatic carbocycles. The largest absolute Gasteiger partial charge is 0.372 e. The number of nitrogens with one attached hydrogen (secondary N) is 1. The van der Waals surface area contributed by atoms with Crippen LogP contribution in [0.2, 0.25) is 0 Å². The number of hydrogen-bond donors (Lipinski definition) is 1. The maximum atomic E-state index is 13.7. The molecule has 2 heterocycles. The highest BCUT2D eigenvalue weighted by atomic mass is 19.1. The van der Waals surface area contributed by atoms with Crippen LogP contribution in [0.4, 0.5) is 15.8 Å². The second kappa shape index (κ2) is 7.35. The minimum atomic E-state index is -0.381. The highest BCUT2D eigenvalue weighted by Gasteiger charge is 2.14. The van der Waals surface area contributed by atoms with Gasteiger partial charge in [-0.1, -0.05) is 0 Å². The minimum Gasteiger partial charge on any atom is -0.372 e. The van der Waals surface area contributed by atoms with Gasteiger partial charge in [-0.3, -0.25) is 9.78 Å². The zero-order valence-corrected chi connectivity index (χ0v) is 15.3. The summed E-state index contributed by atoms with van der Waals surface area (Å²) < 4.78 is 13.7. The molecule has 1 amide bonds. The molecular formula is C22H22FN3O. The molecule has 0 unspecified atom stereocenters. The van der Waals surface area contributed by atoms with Gasteiger partial charge in [0.15, 0.2) is 0 Å². The van der Waals surface area contributed by atoms with E-state index in [1.165, 1.54) is 37.1 Å². The highest BCUT2D eigenvalue weighted by molar-refractivity contribution is 6.12. The second-order valence-electron chi connectivity index (χ2n) is 7.02. The summed E-state index contributed by atoms with van der Waals surface area (Å²) in [5.41, 5.74) is 3.67. The lowest BCUT2D eigenvalue weighted by molar-refractivity contribution is 0.102. The van der Waals surface area contributed by atoms with E-state index < -0.39 is 0 Å². The van der Waals surface area contributed by atoms with Crippen LogP contribution < -0.4 is 10.2 Å². The van der Waals surface area contributed by atoms with Crippen molar-refractivity contribution in [2.24, 2.45) is 0 Å². The first-order valence-corrected chi connectivity index (χ1v) is 9.33. The van der Waals surface area contributed by atoms with E-state index in [2.05, 4.69) is 15.2 Å². The molecule has 1 N–H and O–H groups in total. The Morgan fingerprint density at radius 2 is 1.78 bits per heavy atom. The fraction of sp³-hybridized carbons (Fsp3) is 0.273. The molecule has 1 aliphatic heterocycles. The average molecular weight is 363 g/mol. The molecule has 1 aliphatic rings. The van der Waals surface area contributed by atoms with Crippen molar-refractivity contribution in [1.82, 2.24) is 4.98 Å². The van der Waals surface area contributed by atoms with Crippen molar-refractivity contribution < 1.29 is 9.18 Å². The van der Waals surface area contributed by atoms with Crippen LogP contribution in [-0.4, -0.2) is 24.0 Å². The summed E-state index contributed by atoms with van der Waals surface area (Å²) in [4.78, 5) is 19.6. The van der Waals surface area contributed by atoms with Gasteiger partial charge < -0.3 is 10.2 Å². The Bertz CT molecular complexity index is 979. The number of aromatic nitrogens is 1. The van der Waals surface area contributed by atoms with Crippen LogP contribution in [0.1, 0.15) is 35.3 Å². The molecule has 1 saturated heterocycles. The van der Waals surface area contributed by atoms with Crippen molar-refractivity contribution in [1.29, 1.82) is 0 Å². The smallest absolute Gasteiger partial charge is 0.256 e. The molecule has 0 bridgehead atoms. The third-order valence-electron chi connectivity index (χ3n) is 4.99. The van der Waals surface area contributed by atoms with E-state index in [-0.39, 0.29) is 11.7 Å². The maximum absolute atomic E-state index is 13.7. The summed E-state index contributed by atoms with van der Waals surface area (Å²) in [7, 11) is 0. The molecule has 0 radical (unpaired) electrons. The number of nitrogens with zero attached hydrogens (tertiary/aromatic N) is 2. The SMILES string of the molecule is Cc1cc(C(=O)Nc2ccc(N3CCCCC3)cc2)c2cc(F)ccc2n1. The first-order chi connectivity index (χ1) is 13.1. The molecule has 3 aromatic rings. The highest BCUT2D eigenvalue weighted by Crippen LogP contribution is 2.24. The van der Waals surface area contributed by atoms with Crippen molar-refractivity contribution in [3.8, 4) is 0 Å². The summed E-state index contributed by atoms with van der Waals surface area (Å²) in [5.74, 6) is -0.644. The van der Waals surface area contributed by atoms with Gasteiger partial charge in [0.1, 0.15) is 5.82 Å². The number of carbonyl (C=O) groups excluding carboxylic acids is 1. The van der Waals surface area contributed by atoms with E-state index >= 15 is 0 Å². The lowest BCUT2D eigenvalue weighted by Gasteiger charge is -2.28. The first kappa shape index (κ1) is 17.5. The third kappa shape index (κ3) is 3.77. The molecule has 5 heteroatoms. The van der Waals surface area contributed by atoms with Crippen molar-refractivity contribution >= 4 is 28.2 Å². The van der Waals surface area contributed by atoms with Gasteiger partial charge in [0.2, 0.25) is 0 Å². The molecule has 0 saturated carbocycles. The van der Waals surface area contributed by atoms with Gasteiger partial charge >= 0.3 is 0 Å². The van der Waals surface area contributed by atoms with Crippen LogP contribution in [0, 0.1) is 12.7 Å². The molecule has 0 aliphatic carbocycles. The maximum Gasteiger partial charge on any atom is 0.256 e. The predicted molar refractivity (Wildman–Crippen MR) is 107 cm³/mol. The predicted octanol–water partition coefficient (Wildman–Crippen LogP) is 4.92. The number of halogens is 1. The Hall–Kier alpha value is -2.95. The van der Waals surface area contributed by atoms with Gasteiger partial charge in [0.25, 0.3) is 5.91 Å². The van der Waals surface area contributed by atoms with Gasteiger partial charge in [0, 0.05) is 35.5 Å². The van der Waals surface area contributed by atoms with E-state index in [0.717, 1.165) is 24.5 Å². The average Bonchev–Trinajstić information content (AvgIpc) is 2.69. The number of carbonyl (C=O) groups is 1. The molecule has 4 rings (SSSR count). The number of anilines is 2. The molecule has 0 atom stereocenters. The fourth-order valence-corrected chi connectivity index (χ4v) is 3.62. The molecule has 138 valence electrons. The Morgan fingerprint density at radius 3 is 2.52 bits per heavy atom. The number of benzene rings is 2. The molecule has 1 aromatic heterocycles. The number of piperidine rings is 1. The van der Waals surface area contributed by atoms with Crippen molar-refractivity contribution in [2.45, 2.75) is 26.2 Å². The summed E-state index contributed by atoms with van der Waals surface area (Å²) in [6, 6.07) is 13.9. The van der Waals surface area contributed by atoms with E-state index in [1.807, 2.05) is 31.2 Å². The zero-order chi connectivity index (χ0) is 18.8. The van der Waals surface area contributed by atoms with Crippen molar-refractivity contribution in [2.75, 3.05) is 23.3 Å². The van der Waals surface area contributed by atoms with Crippen LogP contribution in [0.3, 0.4) is 0 Å². The molecular weight excluding hydrogens is 341 g/mol. The quantitative estimate of drug-likeness (QED) is 0.718. The first-order valence-electron chi connectivity index (χ1n) is 9.33. The van der Waals surface area contributed by atoms with Crippen LogP contribution in [-0.2, 0) is 0 Å². The molecule has 27 heavy (non-hydrogen) atoms. The standard InChI is InChI=1S/C22H22FN3O/c1-15-13-20(19-14-16(23)5-10-21(19)24-15)22(27)25-17-6-8-18(9-7-17)26-11-3-2-4-12-26/h5-10,13-14H,2-4,11-12H2,1H3,(H,25,27). The van der Waals surface area contributed by atoms with E-state index in [4.69, 9.17) is 0 Å². The van der Waals surface area contributed by atoms with Crippen molar-refractivity contribution in [3.05, 3.63) is 65.6 Å².